The predicted molar refractivity (Wildman–Crippen MR) is 72.4 cm³/mol. The van der Waals surface area contributed by atoms with Gasteiger partial charge >= 0.3 is 0 Å². The number of thiophene rings is 1. The number of nitrogens with one attached hydrogen (secondary N) is 1. The van der Waals surface area contributed by atoms with Crippen LogP contribution in [0.3, 0.4) is 0 Å². The molecule has 0 bridgehead atoms. The molecule has 2 aromatic heterocycles. The average molecular weight is 350 g/mol. The highest BCUT2D eigenvalue weighted by Gasteiger charge is 2.12. The SMILES string of the molecule is O=C(NCc1ccc(Br)s1)c1cc(F)cnc1Cl. The van der Waals surface area contributed by atoms with Crippen LogP contribution in [0.5, 0.6) is 0 Å². The van der Waals surface area contributed by atoms with Crippen molar-refractivity contribution >= 4 is 44.8 Å². The lowest BCUT2D eigenvalue weighted by Gasteiger charge is -2.04. The van der Waals surface area contributed by atoms with E-state index < -0.39 is 11.7 Å². The number of hydrogen-bond donors (Lipinski definition) is 1. The number of aromatic nitrogens is 1. The van der Waals surface area contributed by atoms with Crippen LogP contribution < -0.4 is 5.32 Å². The highest BCUT2D eigenvalue weighted by molar-refractivity contribution is 9.11. The number of pyridine rings is 1. The van der Waals surface area contributed by atoms with E-state index >= 15 is 0 Å². The number of amides is 1. The number of carbonyl (C=O) groups is 1. The molecule has 18 heavy (non-hydrogen) atoms. The molecule has 2 aromatic rings. The van der Waals surface area contributed by atoms with Crippen LogP contribution in [0.4, 0.5) is 4.39 Å². The van der Waals surface area contributed by atoms with Gasteiger partial charge in [-0.1, -0.05) is 11.6 Å². The van der Waals surface area contributed by atoms with Crippen LogP contribution >= 0.6 is 38.9 Å². The van der Waals surface area contributed by atoms with E-state index in [9.17, 15) is 9.18 Å². The maximum Gasteiger partial charge on any atom is 0.254 e. The Morgan fingerprint density at radius 2 is 2.33 bits per heavy atom. The van der Waals surface area contributed by atoms with Crippen LogP contribution in [0.15, 0.2) is 28.2 Å². The maximum atomic E-state index is 13.0. The molecule has 0 radical (unpaired) electrons. The summed E-state index contributed by atoms with van der Waals surface area (Å²) in [5.74, 6) is -1.04. The first kappa shape index (κ1) is 13.5. The molecule has 0 aliphatic carbocycles. The van der Waals surface area contributed by atoms with Crippen molar-refractivity contribution in [3.63, 3.8) is 0 Å². The largest absolute Gasteiger partial charge is 0.347 e. The fourth-order valence-corrected chi connectivity index (χ4v) is 2.90. The molecule has 0 spiro atoms. The summed E-state index contributed by atoms with van der Waals surface area (Å²) < 4.78 is 14.0. The fourth-order valence-electron chi connectivity index (χ4n) is 1.29. The fraction of sp³-hybridized carbons (Fsp3) is 0.0909. The monoisotopic (exact) mass is 348 g/mol. The highest BCUT2D eigenvalue weighted by atomic mass is 79.9. The average Bonchev–Trinajstić information content (AvgIpc) is 2.75. The predicted octanol–water partition coefficient (Wildman–Crippen LogP) is 3.63. The lowest BCUT2D eigenvalue weighted by atomic mass is 10.2. The molecule has 0 aromatic carbocycles. The zero-order valence-electron chi connectivity index (χ0n) is 8.91. The summed E-state index contributed by atoms with van der Waals surface area (Å²) in [5.41, 5.74) is 0.0345. The minimum atomic E-state index is -0.594. The maximum absolute atomic E-state index is 13.0. The molecule has 2 rings (SSSR count). The molecule has 0 saturated heterocycles. The molecule has 0 aliphatic heterocycles. The van der Waals surface area contributed by atoms with Crippen LogP contribution in [0.1, 0.15) is 15.2 Å². The van der Waals surface area contributed by atoms with Gasteiger partial charge in [-0.05, 0) is 34.1 Å². The van der Waals surface area contributed by atoms with E-state index in [1.54, 1.807) is 0 Å². The zero-order chi connectivity index (χ0) is 13.1. The Kier molecular flexibility index (Phi) is 4.31. The van der Waals surface area contributed by atoms with Gasteiger partial charge in [-0.2, -0.15) is 0 Å². The molecular formula is C11H7BrClFN2OS. The second kappa shape index (κ2) is 5.77. The lowest BCUT2D eigenvalue weighted by molar-refractivity contribution is 0.0950. The highest BCUT2D eigenvalue weighted by Crippen LogP contribution is 2.22. The Labute approximate surface area is 120 Å². The van der Waals surface area contributed by atoms with Gasteiger partial charge in [-0.25, -0.2) is 9.37 Å². The van der Waals surface area contributed by atoms with Crippen molar-refractivity contribution in [2.24, 2.45) is 0 Å². The first-order valence-electron chi connectivity index (χ1n) is 4.89. The van der Waals surface area contributed by atoms with Gasteiger partial charge in [-0.15, -0.1) is 11.3 Å². The van der Waals surface area contributed by atoms with Crippen molar-refractivity contribution in [3.05, 3.63) is 49.6 Å². The van der Waals surface area contributed by atoms with E-state index in [4.69, 9.17) is 11.6 Å². The summed E-state index contributed by atoms with van der Waals surface area (Å²) in [4.78, 5) is 16.4. The number of hydrogen-bond acceptors (Lipinski definition) is 3. The van der Waals surface area contributed by atoms with Gasteiger partial charge in [0.15, 0.2) is 0 Å². The standard InChI is InChI=1S/C11H7BrClFN2OS/c12-9-2-1-7(18-9)5-16-11(17)8-3-6(14)4-15-10(8)13/h1-4H,5H2,(H,16,17). The molecule has 7 heteroatoms. The van der Waals surface area contributed by atoms with E-state index in [0.717, 1.165) is 20.9 Å². The third kappa shape index (κ3) is 3.28. The number of rotatable bonds is 3. The van der Waals surface area contributed by atoms with Crippen molar-refractivity contribution in [2.45, 2.75) is 6.54 Å². The lowest BCUT2D eigenvalue weighted by Crippen LogP contribution is -2.23. The van der Waals surface area contributed by atoms with Crippen molar-refractivity contribution in [2.75, 3.05) is 0 Å². The third-order valence-electron chi connectivity index (χ3n) is 2.10. The third-order valence-corrected chi connectivity index (χ3v) is 4.03. The van der Waals surface area contributed by atoms with Crippen LogP contribution in [0.25, 0.3) is 0 Å². The Bertz CT molecular complexity index is 590. The quantitative estimate of drug-likeness (QED) is 0.860. The van der Waals surface area contributed by atoms with E-state index in [2.05, 4.69) is 26.2 Å². The smallest absolute Gasteiger partial charge is 0.254 e. The Morgan fingerprint density at radius 1 is 1.56 bits per heavy atom. The number of carbonyl (C=O) groups excluding carboxylic acids is 1. The molecule has 94 valence electrons. The summed E-state index contributed by atoms with van der Waals surface area (Å²) in [6.45, 7) is 0.363. The first-order valence-corrected chi connectivity index (χ1v) is 6.88. The molecule has 0 unspecified atom stereocenters. The number of halogens is 3. The Balaban J connectivity index is 2.05. The van der Waals surface area contributed by atoms with Gasteiger partial charge in [0.2, 0.25) is 0 Å². The molecule has 3 nitrogen and oxygen atoms in total. The molecule has 0 atom stereocenters. The zero-order valence-corrected chi connectivity index (χ0v) is 12.1. The van der Waals surface area contributed by atoms with E-state index in [1.165, 1.54) is 11.3 Å². The molecule has 0 fully saturated rings. The molecule has 2 heterocycles. The van der Waals surface area contributed by atoms with E-state index in [0.29, 0.717) is 6.54 Å². The molecule has 0 saturated carbocycles. The summed E-state index contributed by atoms with van der Waals surface area (Å²) in [7, 11) is 0. The van der Waals surface area contributed by atoms with Crippen LogP contribution in [0, 0.1) is 5.82 Å². The Morgan fingerprint density at radius 3 is 3.00 bits per heavy atom. The second-order valence-electron chi connectivity index (χ2n) is 3.38. The van der Waals surface area contributed by atoms with Gasteiger partial charge in [-0.3, -0.25) is 4.79 Å². The van der Waals surface area contributed by atoms with E-state index in [-0.39, 0.29) is 10.7 Å². The summed E-state index contributed by atoms with van der Waals surface area (Å²) in [6.07, 6.45) is 0.968. The van der Waals surface area contributed by atoms with Gasteiger partial charge in [0.05, 0.1) is 22.1 Å². The second-order valence-corrected chi connectivity index (χ2v) is 6.29. The number of nitrogens with zero attached hydrogens (tertiary/aromatic N) is 1. The van der Waals surface area contributed by atoms with Gasteiger partial charge < -0.3 is 5.32 Å². The minimum absolute atomic E-state index is 0.0127. The normalized spacial score (nSPS) is 10.4. The molecular weight excluding hydrogens is 343 g/mol. The Hall–Kier alpha value is -0.980. The van der Waals surface area contributed by atoms with Gasteiger partial charge in [0, 0.05) is 4.88 Å². The summed E-state index contributed by atoms with van der Waals surface area (Å²) in [5, 5.41) is 2.64. The van der Waals surface area contributed by atoms with Crippen molar-refractivity contribution < 1.29 is 9.18 Å². The van der Waals surface area contributed by atoms with Crippen LogP contribution in [-0.2, 0) is 6.54 Å². The van der Waals surface area contributed by atoms with Crippen LogP contribution in [-0.4, -0.2) is 10.9 Å². The van der Waals surface area contributed by atoms with Crippen molar-refractivity contribution in [1.29, 1.82) is 0 Å². The first-order chi connectivity index (χ1) is 8.56. The molecule has 1 amide bonds. The summed E-state index contributed by atoms with van der Waals surface area (Å²) in [6, 6.07) is 4.85. The van der Waals surface area contributed by atoms with Crippen LogP contribution in [0.2, 0.25) is 5.15 Å². The van der Waals surface area contributed by atoms with E-state index in [1.807, 2.05) is 12.1 Å². The van der Waals surface area contributed by atoms with Crippen molar-refractivity contribution in [3.8, 4) is 0 Å². The summed E-state index contributed by atoms with van der Waals surface area (Å²) >= 11 is 10.6. The van der Waals surface area contributed by atoms with Gasteiger partial charge in [0.25, 0.3) is 5.91 Å². The molecule has 0 aliphatic rings. The topological polar surface area (TPSA) is 42.0 Å². The van der Waals surface area contributed by atoms with Crippen molar-refractivity contribution in [1.82, 2.24) is 10.3 Å². The minimum Gasteiger partial charge on any atom is -0.347 e. The van der Waals surface area contributed by atoms with Gasteiger partial charge in [0.1, 0.15) is 11.0 Å². The molecule has 1 N–H and O–H groups in total.